The van der Waals surface area contributed by atoms with Gasteiger partial charge < -0.3 is 5.32 Å². The van der Waals surface area contributed by atoms with Gasteiger partial charge in [0.15, 0.2) is 5.65 Å². The lowest BCUT2D eigenvalue weighted by Crippen LogP contribution is -2.20. The molecule has 0 unspecified atom stereocenters. The zero-order valence-corrected chi connectivity index (χ0v) is 9.94. The summed E-state index contributed by atoms with van der Waals surface area (Å²) < 4.78 is 13.2. The summed E-state index contributed by atoms with van der Waals surface area (Å²) in [5, 5.41) is 10.7. The smallest absolute Gasteiger partial charge is 0.160 e. The van der Waals surface area contributed by atoms with Gasteiger partial charge in [-0.3, -0.25) is 5.10 Å². The van der Waals surface area contributed by atoms with Crippen molar-refractivity contribution in [3.63, 3.8) is 0 Å². The zero-order valence-electron chi connectivity index (χ0n) is 9.94. The van der Waals surface area contributed by atoms with Crippen molar-refractivity contribution in [2.45, 2.75) is 38.9 Å². The molecule has 0 amide bonds. The van der Waals surface area contributed by atoms with E-state index in [2.05, 4.69) is 25.5 Å². The van der Waals surface area contributed by atoms with Gasteiger partial charge in [0.2, 0.25) is 0 Å². The predicted molar refractivity (Wildman–Crippen MR) is 64.6 cm³/mol. The van der Waals surface area contributed by atoms with E-state index in [0.717, 1.165) is 5.39 Å². The fourth-order valence-electron chi connectivity index (χ4n) is 1.72. The van der Waals surface area contributed by atoms with Gasteiger partial charge in [-0.25, -0.2) is 14.4 Å². The maximum Gasteiger partial charge on any atom is 0.160 e. The molecule has 2 aromatic heterocycles. The number of hydrogen-bond donors (Lipinski definition) is 2. The number of nitrogens with one attached hydrogen (secondary N) is 2. The van der Waals surface area contributed by atoms with Crippen LogP contribution in [0.5, 0.6) is 0 Å². The van der Waals surface area contributed by atoms with Crippen molar-refractivity contribution in [3.05, 3.63) is 12.5 Å². The maximum atomic E-state index is 13.2. The molecule has 2 heterocycles. The predicted octanol–water partition coefficient (Wildman–Crippen LogP) is 2.29. The summed E-state index contributed by atoms with van der Waals surface area (Å²) >= 11 is 0. The Balaban J connectivity index is 2.10. The van der Waals surface area contributed by atoms with Crippen LogP contribution in [0.2, 0.25) is 0 Å². The Morgan fingerprint density at radius 1 is 1.47 bits per heavy atom. The van der Waals surface area contributed by atoms with Crippen LogP contribution in [0.4, 0.5) is 10.2 Å². The lowest BCUT2D eigenvalue weighted by Gasteiger charge is -2.16. The molecule has 0 aliphatic rings. The molecule has 17 heavy (non-hydrogen) atoms. The monoisotopic (exact) mass is 237 g/mol. The minimum Gasteiger partial charge on any atom is -0.367 e. The van der Waals surface area contributed by atoms with E-state index in [0.29, 0.717) is 24.3 Å². The molecule has 2 atom stereocenters. The summed E-state index contributed by atoms with van der Waals surface area (Å²) in [5.74, 6) is 0.694. The van der Waals surface area contributed by atoms with Gasteiger partial charge in [0, 0.05) is 6.04 Å². The summed E-state index contributed by atoms with van der Waals surface area (Å²) in [5.41, 5.74) is 0.682. The number of rotatable bonds is 5. The molecule has 0 aliphatic carbocycles. The van der Waals surface area contributed by atoms with Crippen LogP contribution in [0.15, 0.2) is 12.5 Å². The number of fused-ring (bicyclic) bond motifs is 1. The van der Waals surface area contributed by atoms with Crippen molar-refractivity contribution < 1.29 is 4.39 Å². The zero-order chi connectivity index (χ0) is 12.3. The highest BCUT2D eigenvalue weighted by Gasteiger charge is 2.12. The number of anilines is 1. The number of halogens is 1. The number of H-pyrrole nitrogens is 1. The first-order valence-electron chi connectivity index (χ1n) is 5.75. The number of alkyl halides is 1. The number of hydrogen-bond acceptors (Lipinski definition) is 4. The third-order valence-corrected chi connectivity index (χ3v) is 2.68. The number of nitrogens with zero attached hydrogens (tertiary/aromatic N) is 3. The molecule has 0 saturated carbocycles. The van der Waals surface area contributed by atoms with Crippen LogP contribution in [0.1, 0.15) is 26.7 Å². The molecule has 2 aromatic rings. The molecule has 0 fully saturated rings. The first-order valence-corrected chi connectivity index (χ1v) is 5.75. The minimum atomic E-state index is -0.779. The molecular weight excluding hydrogens is 221 g/mol. The summed E-state index contributed by atoms with van der Waals surface area (Å²) in [6.45, 7) is 3.78. The van der Waals surface area contributed by atoms with Crippen LogP contribution < -0.4 is 5.32 Å². The number of aromatic amines is 1. The lowest BCUT2D eigenvalue weighted by molar-refractivity contribution is 0.296. The SMILES string of the molecule is CC[C@H](F)C[C@@H](C)Nc1ncnc2[nH]ncc12. The van der Waals surface area contributed by atoms with Gasteiger partial charge in [-0.1, -0.05) is 6.92 Å². The van der Waals surface area contributed by atoms with Crippen LogP contribution in [0, 0.1) is 0 Å². The second kappa shape index (κ2) is 5.07. The Labute approximate surface area is 98.9 Å². The van der Waals surface area contributed by atoms with Crippen molar-refractivity contribution in [1.82, 2.24) is 20.2 Å². The Hall–Kier alpha value is -1.72. The summed E-state index contributed by atoms with van der Waals surface area (Å²) in [6, 6.07) is 0.0259. The fraction of sp³-hybridized carbons (Fsp3) is 0.545. The topological polar surface area (TPSA) is 66.5 Å². The maximum absolute atomic E-state index is 13.2. The third-order valence-electron chi connectivity index (χ3n) is 2.68. The third kappa shape index (κ3) is 2.69. The average Bonchev–Trinajstić information content (AvgIpc) is 2.78. The van der Waals surface area contributed by atoms with Crippen LogP contribution in [-0.2, 0) is 0 Å². The Morgan fingerprint density at radius 2 is 2.29 bits per heavy atom. The van der Waals surface area contributed by atoms with Gasteiger partial charge in [0.05, 0.1) is 11.6 Å². The Kier molecular flexibility index (Phi) is 3.51. The number of aromatic nitrogens is 4. The van der Waals surface area contributed by atoms with Crippen LogP contribution >= 0.6 is 0 Å². The minimum absolute atomic E-state index is 0.0259. The van der Waals surface area contributed by atoms with Gasteiger partial charge in [0.1, 0.15) is 18.3 Å². The molecule has 0 radical (unpaired) electrons. The van der Waals surface area contributed by atoms with E-state index >= 15 is 0 Å². The Bertz CT molecular complexity index is 483. The van der Waals surface area contributed by atoms with E-state index in [1.807, 2.05) is 13.8 Å². The highest BCUT2D eigenvalue weighted by molar-refractivity contribution is 5.85. The molecule has 0 saturated heterocycles. The molecule has 0 aliphatic heterocycles. The summed E-state index contributed by atoms with van der Waals surface area (Å²) in [7, 11) is 0. The van der Waals surface area contributed by atoms with Gasteiger partial charge in [0.25, 0.3) is 0 Å². The molecule has 5 nitrogen and oxygen atoms in total. The van der Waals surface area contributed by atoms with Gasteiger partial charge in [-0.2, -0.15) is 5.10 Å². The van der Waals surface area contributed by atoms with Crippen molar-refractivity contribution in [2.24, 2.45) is 0 Å². The van der Waals surface area contributed by atoms with Crippen molar-refractivity contribution in [2.75, 3.05) is 5.32 Å². The van der Waals surface area contributed by atoms with Crippen LogP contribution in [0.3, 0.4) is 0 Å². The largest absolute Gasteiger partial charge is 0.367 e. The molecule has 2 rings (SSSR count). The standard InChI is InChI=1S/C11H16FN5/c1-3-8(12)4-7(2)16-10-9-5-15-17-11(9)14-6-13-10/h5-8H,3-4H2,1-2H3,(H2,13,14,15,16,17)/t7-,8+/m1/s1. The van der Waals surface area contributed by atoms with Gasteiger partial charge in [-0.15, -0.1) is 0 Å². The molecule has 2 N–H and O–H groups in total. The highest BCUT2D eigenvalue weighted by atomic mass is 19.1. The van der Waals surface area contributed by atoms with E-state index in [4.69, 9.17) is 0 Å². The van der Waals surface area contributed by atoms with Crippen LogP contribution in [-0.4, -0.2) is 32.4 Å². The van der Waals surface area contributed by atoms with E-state index in [1.54, 1.807) is 6.20 Å². The molecule has 0 spiro atoms. The van der Waals surface area contributed by atoms with E-state index < -0.39 is 6.17 Å². The second-order valence-electron chi connectivity index (χ2n) is 4.14. The first-order chi connectivity index (χ1) is 8.20. The average molecular weight is 237 g/mol. The van der Waals surface area contributed by atoms with Crippen molar-refractivity contribution in [3.8, 4) is 0 Å². The lowest BCUT2D eigenvalue weighted by atomic mass is 10.1. The first kappa shape index (κ1) is 11.8. The summed E-state index contributed by atoms with van der Waals surface area (Å²) in [6.07, 6.45) is 3.36. The van der Waals surface area contributed by atoms with Crippen molar-refractivity contribution in [1.29, 1.82) is 0 Å². The molecule has 0 aromatic carbocycles. The quantitative estimate of drug-likeness (QED) is 0.837. The summed E-state index contributed by atoms with van der Waals surface area (Å²) in [4.78, 5) is 8.19. The van der Waals surface area contributed by atoms with E-state index in [-0.39, 0.29) is 6.04 Å². The van der Waals surface area contributed by atoms with Gasteiger partial charge in [-0.05, 0) is 19.8 Å². The van der Waals surface area contributed by atoms with E-state index in [9.17, 15) is 4.39 Å². The molecular formula is C11H16FN5. The second-order valence-corrected chi connectivity index (χ2v) is 4.14. The molecule has 6 heteroatoms. The van der Waals surface area contributed by atoms with Gasteiger partial charge >= 0.3 is 0 Å². The van der Waals surface area contributed by atoms with Crippen molar-refractivity contribution >= 4 is 16.9 Å². The van der Waals surface area contributed by atoms with Crippen LogP contribution in [0.25, 0.3) is 11.0 Å². The van der Waals surface area contributed by atoms with E-state index in [1.165, 1.54) is 6.33 Å². The normalized spacial score (nSPS) is 14.8. The Morgan fingerprint density at radius 3 is 3.06 bits per heavy atom. The highest BCUT2D eigenvalue weighted by Crippen LogP contribution is 2.18. The molecule has 92 valence electrons. The fourth-order valence-corrected chi connectivity index (χ4v) is 1.72. The molecule has 0 bridgehead atoms.